The molecule has 23 heavy (non-hydrogen) atoms. The second-order valence-corrected chi connectivity index (χ2v) is 6.89. The molecule has 5 nitrogen and oxygen atoms in total. The Morgan fingerprint density at radius 1 is 1.04 bits per heavy atom. The van der Waals surface area contributed by atoms with Crippen LogP contribution in [0.3, 0.4) is 0 Å². The van der Waals surface area contributed by atoms with Gasteiger partial charge >= 0.3 is 0 Å². The molecule has 5 heteroatoms. The molecule has 1 N–H and O–H groups in total. The van der Waals surface area contributed by atoms with E-state index >= 15 is 0 Å². The predicted octanol–water partition coefficient (Wildman–Crippen LogP) is 1.89. The molecule has 0 aromatic rings. The quantitative estimate of drug-likeness (QED) is 0.759. The van der Waals surface area contributed by atoms with Crippen LogP contribution in [-0.2, 0) is 14.4 Å². The number of carbonyl (C=O) groups is 3. The molecule has 0 aliphatic heterocycles. The van der Waals surface area contributed by atoms with Gasteiger partial charge in [0, 0.05) is 54.3 Å². The molecule has 1 aliphatic carbocycles. The first kappa shape index (κ1) is 19.3. The maximum atomic E-state index is 12.7. The van der Waals surface area contributed by atoms with Crippen molar-refractivity contribution in [2.24, 2.45) is 5.41 Å². The lowest BCUT2D eigenvalue weighted by molar-refractivity contribution is -0.131. The number of hydrogen-bond donors (Lipinski definition) is 1. The lowest BCUT2D eigenvalue weighted by Crippen LogP contribution is -2.38. The Kier molecular flexibility index (Phi) is 6.05. The Morgan fingerprint density at radius 3 is 2.09 bits per heavy atom. The molecule has 1 amide bonds. The molecule has 0 fully saturated rings. The van der Waals surface area contributed by atoms with E-state index in [9.17, 15) is 14.4 Å². The number of nitrogens with zero attached hydrogens (tertiary/aromatic N) is 1. The van der Waals surface area contributed by atoms with Crippen LogP contribution in [0.1, 0.15) is 41.0 Å². The third kappa shape index (κ3) is 3.96. The van der Waals surface area contributed by atoms with Gasteiger partial charge in [-0.1, -0.05) is 13.8 Å². The molecule has 0 saturated carbocycles. The van der Waals surface area contributed by atoms with Gasteiger partial charge < -0.3 is 10.2 Å². The zero-order valence-corrected chi connectivity index (χ0v) is 15.3. The van der Waals surface area contributed by atoms with Crippen LogP contribution in [-0.4, -0.2) is 49.6 Å². The van der Waals surface area contributed by atoms with Gasteiger partial charge in [0.05, 0.1) is 0 Å². The number of nitrogens with one attached hydrogen (secondary N) is 1. The van der Waals surface area contributed by atoms with Crippen molar-refractivity contribution < 1.29 is 14.4 Å². The summed E-state index contributed by atoms with van der Waals surface area (Å²) in [7, 11) is 3.58. The molecule has 1 aliphatic rings. The monoisotopic (exact) mass is 320 g/mol. The first-order valence-electron chi connectivity index (χ1n) is 7.91. The van der Waals surface area contributed by atoms with Crippen molar-refractivity contribution >= 4 is 17.5 Å². The second-order valence-electron chi connectivity index (χ2n) is 6.89. The van der Waals surface area contributed by atoms with Gasteiger partial charge in [-0.25, -0.2) is 0 Å². The van der Waals surface area contributed by atoms with E-state index in [1.54, 1.807) is 32.7 Å². The van der Waals surface area contributed by atoms with Gasteiger partial charge in [0.25, 0.3) is 0 Å². The Labute approximate surface area is 138 Å². The van der Waals surface area contributed by atoms with Crippen LogP contribution in [0, 0.1) is 5.41 Å². The lowest BCUT2D eigenvalue weighted by Gasteiger charge is -2.32. The smallest absolute Gasteiger partial charge is 0.223 e. The molecule has 0 spiro atoms. The number of amides is 1. The van der Waals surface area contributed by atoms with Crippen LogP contribution in [0.25, 0.3) is 0 Å². The number of rotatable bonds is 6. The maximum Gasteiger partial charge on any atom is 0.223 e. The van der Waals surface area contributed by atoms with Crippen LogP contribution in [0.2, 0.25) is 0 Å². The standard InChI is InChI=1S/C18H28N2O3/c1-11-12(2)17(23)15(13(3)16(11)22)18(4,5)10-14(21)20(7)9-8-19-6/h19H,8-10H2,1-7H3. The second kappa shape index (κ2) is 7.21. The molecule has 0 unspecified atom stereocenters. The van der Waals surface area contributed by atoms with Crippen LogP contribution >= 0.6 is 0 Å². The number of hydrogen-bond acceptors (Lipinski definition) is 4. The minimum Gasteiger partial charge on any atom is -0.344 e. The van der Waals surface area contributed by atoms with Gasteiger partial charge in [0.1, 0.15) is 0 Å². The number of ketones is 2. The van der Waals surface area contributed by atoms with Crippen molar-refractivity contribution in [2.45, 2.75) is 41.0 Å². The van der Waals surface area contributed by atoms with Crippen LogP contribution in [0.4, 0.5) is 0 Å². The molecule has 0 radical (unpaired) electrons. The van der Waals surface area contributed by atoms with Crippen molar-refractivity contribution in [2.75, 3.05) is 27.2 Å². The molecular formula is C18H28N2O3. The molecule has 1 rings (SSSR count). The zero-order valence-electron chi connectivity index (χ0n) is 15.3. The van der Waals surface area contributed by atoms with Crippen LogP contribution in [0.5, 0.6) is 0 Å². The normalized spacial score (nSPS) is 16.3. The highest BCUT2D eigenvalue weighted by Gasteiger charge is 2.38. The molecule has 0 aromatic carbocycles. The first-order valence-corrected chi connectivity index (χ1v) is 7.91. The minimum atomic E-state index is -0.677. The lowest BCUT2D eigenvalue weighted by atomic mass is 9.71. The van der Waals surface area contributed by atoms with E-state index in [0.29, 0.717) is 35.4 Å². The van der Waals surface area contributed by atoms with Gasteiger partial charge in [0.2, 0.25) is 5.91 Å². The summed E-state index contributed by atoms with van der Waals surface area (Å²) in [6, 6.07) is 0. The third-order valence-electron chi connectivity index (χ3n) is 4.58. The third-order valence-corrected chi connectivity index (χ3v) is 4.58. The van der Waals surface area contributed by atoms with Gasteiger partial charge in [-0.3, -0.25) is 14.4 Å². The summed E-state index contributed by atoms with van der Waals surface area (Å²) in [6.45, 7) is 10.1. The fourth-order valence-electron chi connectivity index (χ4n) is 2.91. The summed E-state index contributed by atoms with van der Waals surface area (Å²) in [4.78, 5) is 39.1. The van der Waals surface area contributed by atoms with E-state index < -0.39 is 5.41 Å². The van der Waals surface area contributed by atoms with E-state index in [4.69, 9.17) is 0 Å². The molecule has 0 saturated heterocycles. The topological polar surface area (TPSA) is 66.5 Å². The molecular weight excluding hydrogens is 292 g/mol. The molecule has 0 aromatic heterocycles. The summed E-state index contributed by atoms with van der Waals surface area (Å²) in [6.07, 6.45) is 0.200. The highest BCUT2D eigenvalue weighted by molar-refractivity contribution is 6.25. The van der Waals surface area contributed by atoms with Crippen molar-refractivity contribution in [3.8, 4) is 0 Å². The number of allylic oxidation sites excluding steroid dienone is 4. The molecule has 0 atom stereocenters. The van der Waals surface area contributed by atoms with E-state index in [1.165, 1.54) is 0 Å². The van der Waals surface area contributed by atoms with Gasteiger partial charge in [-0.05, 0) is 27.8 Å². The van der Waals surface area contributed by atoms with Crippen LogP contribution < -0.4 is 5.32 Å². The van der Waals surface area contributed by atoms with Gasteiger partial charge in [-0.2, -0.15) is 0 Å². The maximum absolute atomic E-state index is 12.7. The average Bonchev–Trinajstić information content (AvgIpc) is 2.47. The highest BCUT2D eigenvalue weighted by Crippen LogP contribution is 2.39. The molecule has 0 heterocycles. The van der Waals surface area contributed by atoms with E-state index in [1.807, 2.05) is 20.9 Å². The zero-order chi connectivity index (χ0) is 17.9. The van der Waals surface area contributed by atoms with Crippen molar-refractivity contribution in [3.05, 3.63) is 22.3 Å². The molecule has 128 valence electrons. The SMILES string of the molecule is CNCCN(C)C(=O)CC(C)(C)C1=C(C)C(=O)C(C)=C(C)C1=O. The summed E-state index contributed by atoms with van der Waals surface area (Å²) in [5, 5.41) is 3.00. The Morgan fingerprint density at radius 2 is 1.57 bits per heavy atom. The summed E-state index contributed by atoms with van der Waals surface area (Å²) >= 11 is 0. The highest BCUT2D eigenvalue weighted by atomic mass is 16.2. The Balaban J connectivity index is 3.06. The van der Waals surface area contributed by atoms with E-state index in [-0.39, 0.29) is 23.9 Å². The number of likely N-dealkylation sites (N-methyl/N-ethyl adjacent to an activating group) is 2. The van der Waals surface area contributed by atoms with Gasteiger partial charge in [0.15, 0.2) is 11.6 Å². The van der Waals surface area contributed by atoms with Crippen molar-refractivity contribution in [1.82, 2.24) is 10.2 Å². The van der Waals surface area contributed by atoms with E-state index in [0.717, 1.165) is 0 Å². The van der Waals surface area contributed by atoms with Crippen LogP contribution in [0.15, 0.2) is 22.3 Å². The van der Waals surface area contributed by atoms with Crippen molar-refractivity contribution in [3.63, 3.8) is 0 Å². The predicted molar refractivity (Wildman–Crippen MR) is 91.0 cm³/mol. The Hall–Kier alpha value is -1.75. The fourth-order valence-corrected chi connectivity index (χ4v) is 2.91. The molecule has 0 bridgehead atoms. The average molecular weight is 320 g/mol. The summed E-state index contributed by atoms with van der Waals surface area (Å²) < 4.78 is 0. The first-order chi connectivity index (χ1) is 10.5. The van der Waals surface area contributed by atoms with Crippen molar-refractivity contribution in [1.29, 1.82) is 0 Å². The van der Waals surface area contributed by atoms with Gasteiger partial charge in [-0.15, -0.1) is 0 Å². The minimum absolute atomic E-state index is 0.0327. The Bertz CT molecular complexity index is 597. The summed E-state index contributed by atoms with van der Waals surface area (Å²) in [5.41, 5.74) is 1.25. The van der Waals surface area contributed by atoms with E-state index in [2.05, 4.69) is 5.32 Å². The number of Topliss-reactive ketones (excluding diaryl/α,β-unsaturated/α-hetero) is 2. The largest absolute Gasteiger partial charge is 0.344 e. The fraction of sp³-hybridized carbons (Fsp3) is 0.611. The summed E-state index contributed by atoms with van der Waals surface area (Å²) in [5.74, 6) is -0.244. The number of carbonyl (C=O) groups excluding carboxylic acids is 3.